The van der Waals surface area contributed by atoms with E-state index in [9.17, 15) is 18.0 Å². The van der Waals surface area contributed by atoms with E-state index in [2.05, 4.69) is 20.7 Å². The van der Waals surface area contributed by atoms with Crippen molar-refractivity contribution < 1.29 is 18.0 Å². The van der Waals surface area contributed by atoms with Crippen LogP contribution >= 0.6 is 0 Å². The van der Waals surface area contributed by atoms with Crippen molar-refractivity contribution >= 4 is 17.4 Å². The summed E-state index contributed by atoms with van der Waals surface area (Å²) in [7, 11) is 0. The fourth-order valence-corrected chi connectivity index (χ4v) is 4.26. The number of halogens is 3. The van der Waals surface area contributed by atoms with Crippen LogP contribution in [0.25, 0.3) is 5.65 Å². The molecule has 3 heterocycles. The molecule has 7 nitrogen and oxygen atoms in total. The van der Waals surface area contributed by atoms with E-state index in [0.717, 1.165) is 37.6 Å². The number of nitrogens with zero attached hydrogens (tertiary/aromatic N) is 4. The Kier molecular flexibility index (Phi) is 6.36. The summed E-state index contributed by atoms with van der Waals surface area (Å²) >= 11 is 0. The van der Waals surface area contributed by atoms with Crippen molar-refractivity contribution in [1.29, 1.82) is 0 Å². The maximum Gasteiger partial charge on any atom is 0.434 e. The van der Waals surface area contributed by atoms with Crippen LogP contribution in [0.15, 0.2) is 30.5 Å². The maximum absolute atomic E-state index is 13.0. The minimum absolute atomic E-state index is 0.0547. The topological polar surface area (TPSA) is 76.2 Å². The SMILES string of the molecule is CCn1nc(C(C)C)cc1C(=O)N[C@H]1CC[C@@H](Nc2cccc3nc(C(F)(F)F)cn23)CC1. The lowest BCUT2D eigenvalue weighted by Crippen LogP contribution is -2.41. The standard InChI is InChI=1S/C23H29F3N6O/c1-4-32-18(12-17(30-32)14(2)3)22(33)28-16-10-8-15(9-11-16)27-20-6-5-7-21-29-19(13-31(20)21)23(24,25)26/h5-7,12-16,27H,4,8-11H2,1-3H3,(H,28,33)/t15-,16+. The molecule has 0 aliphatic heterocycles. The number of fused-ring (bicyclic) bond motifs is 1. The molecule has 1 aliphatic carbocycles. The summed E-state index contributed by atoms with van der Waals surface area (Å²) in [5.74, 6) is 0.713. The number of amides is 1. The number of hydrogen-bond donors (Lipinski definition) is 2. The van der Waals surface area contributed by atoms with Crippen molar-refractivity contribution in [2.45, 2.75) is 77.2 Å². The molecule has 4 rings (SSSR count). The Hall–Kier alpha value is -3.04. The molecule has 33 heavy (non-hydrogen) atoms. The third-order valence-corrected chi connectivity index (χ3v) is 6.12. The van der Waals surface area contributed by atoms with Crippen molar-refractivity contribution in [2.75, 3.05) is 5.32 Å². The van der Waals surface area contributed by atoms with Gasteiger partial charge in [-0.3, -0.25) is 13.9 Å². The first kappa shape index (κ1) is 23.1. The molecular weight excluding hydrogens is 433 g/mol. The minimum atomic E-state index is -4.48. The van der Waals surface area contributed by atoms with Gasteiger partial charge in [0.15, 0.2) is 5.69 Å². The first-order valence-electron chi connectivity index (χ1n) is 11.4. The number of carbonyl (C=O) groups is 1. The van der Waals surface area contributed by atoms with Gasteiger partial charge in [0.1, 0.15) is 17.2 Å². The van der Waals surface area contributed by atoms with Gasteiger partial charge in [-0.1, -0.05) is 19.9 Å². The molecule has 3 aromatic rings. The highest BCUT2D eigenvalue weighted by atomic mass is 19.4. The Bertz CT molecular complexity index is 1130. The Morgan fingerprint density at radius 3 is 2.52 bits per heavy atom. The van der Waals surface area contributed by atoms with Gasteiger partial charge in [0.2, 0.25) is 0 Å². The van der Waals surface area contributed by atoms with E-state index in [-0.39, 0.29) is 29.6 Å². The quantitative estimate of drug-likeness (QED) is 0.549. The molecule has 0 aromatic carbocycles. The third-order valence-electron chi connectivity index (χ3n) is 6.12. The monoisotopic (exact) mass is 462 g/mol. The van der Waals surface area contributed by atoms with Crippen molar-refractivity contribution in [2.24, 2.45) is 0 Å². The second kappa shape index (κ2) is 9.07. The predicted octanol–water partition coefficient (Wildman–Crippen LogP) is 4.85. The zero-order chi connectivity index (χ0) is 23.8. The predicted molar refractivity (Wildman–Crippen MR) is 119 cm³/mol. The molecule has 1 aliphatic rings. The summed E-state index contributed by atoms with van der Waals surface area (Å²) in [5, 5.41) is 11.0. The summed E-state index contributed by atoms with van der Waals surface area (Å²) in [5.41, 5.74) is 0.822. The molecule has 10 heteroatoms. The Morgan fingerprint density at radius 1 is 1.18 bits per heavy atom. The second-order valence-corrected chi connectivity index (χ2v) is 8.85. The molecule has 3 aromatic heterocycles. The number of pyridine rings is 1. The first-order chi connectivity index (χ1) is 15.7. The zero-order valence-electron chi connectivity index (χ0n) is 19.0. The van der Waals surface area contributed by atoms with E-state index in [1.807, 2.05) is 26.8 Å². The summed E-state index contributed by atoms with van der Waals surface area (Å²) in [4.78, 5) is 16.5. The van der Waals surface area contributed by atoms with Crippen LogP contribution in [0.4, 0.5) is 19.0 Å². The summed E-state index contributed by atoms with van der Waals surface area (Å²) in [6.45, 7) is 6.68. The van der Waals surface area contributed by atoms with E-state index < -0.39 is 11.9 Å². The fourth-order valence-electron chi connectivity index (χ4n) is 4.26. The molecule has 0 unspecified atom stereocenters. The molecule has 178 valence electrons. The van der Waals surface area contributed by atoms with E-state index in [1.165, 1.54) is 4.40 Å². The van der Waals surface area contributed by atoms with Crippen LogP contribution in [0.1, 0.15) is 74.2 Å². The normalized spacial score (nSPS) is 19.2. The largest absolute Gasteiger partial charge is 0.434 e. The molecule has 0 saturated heterocycles. The molecule has 1 amide bonds. The van der Waals surface area contributed by atoms with E-state index >= 15 is 0 Å². The number of aryl methyl sites for hydroxylation is 1. The number of nitrogens with one attached hydrogen (secondary N) is 2. The summed E-state index contributed by atoms with van der Waals surface area (Å²) < 4.78 is 42.3. The molecule has 1 saturated carbocycles. The van der Waals surface area contributed by atoms with Crippen molar-refractivity contribution in [1.82, 2.24) is 24.5 Å². The molecule has 2 N–H and O–H groups in total. The number of rotatable bonds is 6. The van der Waals surface area contributed by atoms with Gasteiger partial charge in [0.05, 0.1) is 5.69 Å². The highest BCUT2D eigenvalue weighted by Crippen LogP contribution is 2.30. The number of anilines is 1. The van der Waals surface area contributed by atoms with Crippen molar-refractivity contribution in [3.05, 3.63) is 47.5 Å². The van der Waals surface area contributed by atoms with Gasteiger partial charge < -0.3 is 10.6 Å². The highest BCUT2D eigenvalue weighted by molar-refractivity contribution is 5.93. The van der Waals surface area contributed by atoms with Crippen LogP contribution < -0.4 is 10.6 Å². The number of alkyl halides is 3. The number of carbonyl (C=O) groups excluding carboxylic acids is 1. The van der Waals surface area contributed by atoms with Gasteiger partial charge in [0, 0.05) is 24.8 Å². The van der Waals surface area contributed by atoms with Gasteiger partial charge in [-0.15, -0.1) is 0 Å². The van der Waals surface area contributed by atoms with Crippen molar-refractivity contribution in [3.8, 4) is 0 Å². The smallest absolute Gasteiger partial charge is 0.368 e. The average Bonchev–Trinajstić information content (AvgIpc) is 3.40. The van der Waals surface area contributed by atoms with Crippen LogP contribution in [0.3, 0.4) is 0 Å². The number of hydrogen-bond acceptors (Lipinski definition) is 4. The fraction of sp³-hybridized carbons (Fsp3) is 0.522. The molecule has 1 fully saturated rings. The molecular formula is C23H29F3N6O. The number of imidazole rings is 1. The van der Waals surface area contributed by atoms with Crippen LogP contribution in [-0.4, -0.2) is 37.2 Å². The van der Waals surface area contributed by atoms with Crippen LogP contribution in [0.5, 0.6) is 0 Å². The third kappa shape index (κ3) is 4.99. The van der Waals surface area contributed by atoms with E-state index in [4.69, 9.17) is 0 Å². The van der Waals surface area contributed by atoms with Crippen LogP contribution in [0.2, 0.25) is 0 Å². The lowest BCUT2D eigenvalue weighted by atomic mass is 9.91. The van der Waals surface area contributed by atoms with Gasteiger partial charge >= 0.3 is 6.18 Å². The molecule has 0 atom stereocenters. The molecule has 0 bridgehead atoms. The summed E-state index contributed by atoms with van der Waals surface area (Å²) in [6, 6.07) is 7.02. The molecule has 0 radical (unpaired) electrons. The lowest BCUT2D eigenvalue weighted by molar-refractivity contribution is -0.140. The van der Waals surface area contributed by atoms with Crippen molar-refractivity contribution in [3.63, 3.8) is 0 Å². The highest BCUT2D eigenvalue weighted by Gasteiger charge is 2.34. The molecule has 0 spiro atoms. The van der Waals surface area contributed by atoms with Gasteiger partial charge in [-0.25, -0.2) is 4.98 Å². The van der Waals surface area contributed by atoms with Gasteiger partial charge in [0.25, 0.3) is 5.91 Å². The Morgan fingerprint density at radius 2 is 1.88 bits per heavy atom. The van der Waals surface area contributed by atoms with E-state index in [0.29, 0.717) is 18.1 Å². The Labute approximate surface area is 190 Å². The maximum atomic E-state index is 13.0. The van der Waals surface area contributed by atoms with Gasteiger partial charge in [-0.05, 0) is 56.7 Å². The average molecular weight is 463 g/mol. The van der Waals surface area contributed by atoms with E-state index in [1.54, 1.807) is 22.9 Å². The lowest BCUT2D eigenvalue weighted by Gasteiger charge is -2.30. The van der Waals surface area contributed by atoms with Crippen LogP contribution in [0, 0.1) is 0 Å². The first-order valence-corrected chi connectivity index (χ1v) is 11.4. The van der Waals surface area contributed by atoms with Gasteiger partial charge in [-0.2, -0.15) is 18.3 Å². The number of aromatic nitrogens is 4. The zero-order valence-corrected chi connectivity index (χ0v) is 19.0. The minimum Gasteiger partial charge on any atom is -0.368 e. The summed E-state index contributed by atoms with van der Waals surface area (Å²) in [6.07, 6.45) is -0.295. The second-order valence-electron chi connectivity index (χ2n) is 8.85. The Balaban J connectivity index is 1.37. The van der Waals surface area contributed by atoms with Crippen LogP contribution in [-0.2, 0) is 12.7 Å².